The van der Waals surface area contributed by atoms with Gasteiger partial charge in [-0.1, -0.05) is 0 Å². The fraction of sp³-hybridized carbons (Fsp3) is 0.526. The van der Waals surface area contributed by atoms with Crippen LogP contribution in [0.4, 0.5) is 5.82 Å². The Bertz CT molecular complexity index is 619. The first-order valence-corrected chi connectivity index (χ1v) is 9.00. The highest BCUT2D eigenvalue weighted by atomic mass is 16.5. The zero-order valence-corrected chi connectivity index (χ0v) is 14.9. The molecule has 1 aliphatic heterocycles. The third-order valence-electron chi connectivity index (χ3n) is 4.59. The highest BCUT2D eigenvalue weighted by Crippen LogP contribution is 2.21. The van der Waals surface area contributed by atoms with Gasteiger partial charge in [0.25, 0.3) is 0 Å². The van der Waals surface area contributed by atoms with Crippen molar-refractivity contribution in [2.24, 2.45) is 5.92 Å². The molecule has 1 atom stereocenters. The Balaban J connectivity index is 1.48. The number of methoxy groups -OCH3 is 1. The summed E-state index contributed by atoms with van der Waals surface area (Å²) in [6.45, 7) is 4.72. The number of pyridine rings is 1. The van der Waals surface area contributed by atoms with Crippen molar-refractivity contribution in [2.45, 2.75) is 25.8 Å². The van der Waals surface area contributed by atoms with Crippen LogP contribution in [0.15, 0.2) is 36.7 Å². The molecule has 1 fully saturated rings. The van der Waals surface area contributed by atoms with Gasteiger partial charge >= 0.3 is 0 Å². The Labute approximate surface area is 149 Å². The van der Waals surface area contributed by atoms with Gasteiger partial charge in [-0.05, 0) is 61.6 Å². The predicted molar refractivity (Wildman–Crippen MR) is 98.3 cm³/mol. The summed E-state index contributed by atoms with van der Waals surface area (Å²) in [6, 6.07) is 8.30. The van der Waals surface area contributed by atoms with Crippen LogP contribution in [0.25, 0.3) is 0 Å². The van der Waals surface area contributed by atoms with Crippen LogP contribution in [-0.4, -0.2) is 53.4 Å². The van der Waals surface area contributed by atoms with E-state index >= 15 is 0 Å². The molecule has 2 aromatic heterocycles. The van der Waals surface area contributed by atoms with Crippen molar-refractivity contribution in [1.82, 2.24) is 20.1 Å². The maximum Gasteiger partial charge on any atom is 0.148 e. The lowest BCUT2D eigenvalue weighted by atomic mass is 9.93. The lowest BCUT2D eigenvalue weighted by Crippen LogP contribution is -2.35. The number of rotatable bonds is 8. The van der Waals surface area contributed by atoms with E-state index in [1.165, 1.54) is 24.9 Å². The zero-order chi connectivity index (χ0) is 17.3. The molecular weight excluding hydrogens is 314 g/mol. The summed E-state index contributed by atoms with van der Waals surface area (Å²) >= 11 is 0. The van der Waals surface area contributed by atoms with Crippen LogP contribution in [0, 0.1) is 5.92 Å². The molecule has 0 aliphatic carbocycles. The van der Waals surface area contributed by atoms with E-state index < -0.39 is 0 Å². The fourth-order valence-corrected chi connectivity index (χ4v) is 3.35. The van der Waals surface area contributed by atoms with Gasteiger partial charge in [0.15, 0.2) is 0 Å². The highest BCUT2D eigenvalue weighted by molar-refractivity contribution is 5.32. The summed E-state index contributed by atoms with van der Waals surface area (Å²) < 4.78 is 5.02. The zero-order valence-electron chi connectivity index (χ0n) is 14.9. The smallest absolute Gasteiger partial charge is 0.148 e. The van der Waals surface area contributed by atoms with Gasteiger partial charge in [-0.25, -0.2) is 0 Å². The molecule has 134 valence electrons. The fourth-order valence-electron chi connectivity index (χ4n) is 3.35. The SMILES string of the molecule is COCCNc1ccc(CC2CCCN(Cc3ccncc3)C2)nn1. The quantitative estimate of drug-likeness (QED) is 0.744. The van der Waals surface area contributed by atoms with Crippen LogP contribution in [0.2, 0.25) is 0 Å². The average Bonchev–Trinajstić information content (AvgIpc) is 2.65. The number of nitrogens with one attached hydrogen (secondary N) is 1. The standard InChI is InChI=1S/C19H27N5O/c1-25-12-10-21-19-5-4-18(22-23-19)13-17-3-2-11-24(15-17)14-16-6-8-20-9-7-16/h4-9,17H,2-3,10-15H2,1H3,(H,21,23). The second-order valence-electron chi connectivity index (χ2n) is 6.63. The number of anilines is 1. The minimum absolute atomic E-state index is 0.650. The Morgan fingerprint density at radius 1 is 1.20 bits per heavy atom. The van der Waals surface area contributed by atoms with Crippen molar-refractivity contribution in [3.63, 3.8) is 0 Å². The summed E-state index contributed by atoms with van der Waals surface area (Å²) in [6.07, 6.45) is 7.25. The Morgan fingerprint density at radius 3 is 2.84 bits per heavy atom. The Hall–Kier alpha value is -2.05. The van der Waals surface area contributed by atoms with Crippen LogP contribution < -0.4 is 5.32 Å². The topological polar surface area (TPSA) is 63.2 Å². The van der Waals surface area contributed by atoms with E-state index in [9.17, 15) is 0 Å². The second kappa shape index (κ2) is 9.44. The maximum absolute atomic E-state index is 5.02. The maximum atomic E-state index is 5.02. The third kappa shape index (κ3) is 5.76. The average molecular weight is 341 g/mol. The van der Waals surface area contributed by atoms with Crippen molar-refractivity contribution in [2.75, 3.05) is 38.7 Å². The van der Waals surface area contributed by atoms with Crippen LogP contribution in [-0.2, 0) is 17.7 Å². The second-order valence-corrected chi connectivity index (χ2v) is 6.63. The normalized spacial score (nSPS) is 18.2. The number of nitrogens with zero attached hydrogens (tertiary/aromatic N) is 4. The van der Waals surface area contributed by atoms with E-state index in [1.54, 1.807) is 7.11 Å². The lowest BCUT2D eigenvalue weighted by Gasteiger charge is -2.32. The number of likely N-dealkylation sites (tertiary alicyclic amines) is 1. The van der Waals surface area contributed by atoms with Gasteiger partial charge in [0, 0.05) is 39.1 Å². The van der Waals surface area contributed by atoms with E-state index in [0.29, 0.717) is 12.5 Å². The highest BCUT2D eigenvalue weighted by Gasteiger charge is 2.20. The molecule has 3 heterocycles. The van der Waals surface area contributed by atoms with Crippen molar-refractivity contribution in [3.05, 3.63) is 47.9 Å². The molecule has 1 aliphatic rings. The molecule has 0 radical (unpaired) electrons. The van der Waals surface area contributed by atoms with Crippen molar-refractivity contribution < 1.29 is 4.74 Å². The molecule has 0 amide bonds. The van der Waals surface area contributed by atoms with Gasteiger partial charge < -0.3 is 10.1 Å². The lowest BCUT2D eigenvalue weighted by molar-refractivity contribution is 0.166. The molecule has 0 saturated carbocycles. The molecule has 0 spiro atoms. The first-order chi connectivity index (χ1) is 12.3. The minimum atomic E-state index is 0.650. The third-order valence-corrected chi connectivity index (χ3v) is 4.59. The predicted octanol–water partition coefficient (Wildman–Crippen LogP) is 2.38. The first kappa shape index (κ1) is 17.8. The van der Waals surface area contributed by atoms with E-state index in [4.69, 9.17) is 4.74 Å². The molecule has 1 saturated heterocycles. The van der Waals surface area contributed by atoms with Crippen molar-refractivity contribution >= 4 is 5.82 Å². The summed E-state index contributed by atoms with van der Waals surface area (Å²) in [5, 5.41) is 11.8. The number of ether oxygens (including phenoxy) is 1. The Morgan fingerprint density at radius 2 is 2.08 bits per heavy atom. The van der Waals surface area contributed by atoms with E-state index in [-0.39, 0.29) is 0 Å². The van der Waals surface area contributed by atoms with Crippen LogP contribution in [0.5, 0.6) is 0 Å². The van der Waals surface area contributed by atoms with Crippen molar-refractivity contribution in [3.8, 4) is 0 Å². The van der Waals surface area contributed by atoms with E-state index in [1.807, 2.05) is 18.5 Å². The molecule has 0 aromatic carbocycles. The molecule has 3 rings (SSSR count). The van der Waals surface area contributed by atoms with Crippen LogP contribution >= 0.6 is 0 Å². The van der Waals surface area contributed by atoms with E-state index in [2.05, 4.69) is 43.6 Å². The molecule has 25 heavy (non-hydrogen) atoms. The van der Waals surface area contributed by atoms with E-state index in [0.717, 1.165) is 37.6 Å². The molecular formula is C19H27N5O. The van der Waals surface area contributed by atoms with Gasteiger partial charge in [0.2, 0.25) is 0 Å². The van der Waals surface area contributed by atoms with Gasteiger partial charge in [-0.15, -0.1) is 5.10 Å². The summed E-state index contributed by atoms with van der Waals surface area (Å²) in [5.41, 5.74) is 2.41. The van der Waals surface area contributed by atoms with Gasteiger partial charge in [-0.2, -0.15) is 5.10 Å². The van der Waals surface area contributed by atoms with Crippen molar-refractivity contribution in [1.29, 1.82) is 0 Å². The van der Waals surface area contributed by atoms with Crippen LogP contribution in [0.3, 0.4) is 0 Å². The molecule has 1 N–H and O–H groups in total. The summed E-state index contributed by atoms with van der Waals surface area (Å²) in [7, 11) is 1.69. The van der Waals surface area contributed by atoms with Gasteiger partial charge in [0.1, 0.15) is 5.82 Å². The molecule has 0 bridgehead atoms. The number of hydrogen-bond acceptors (Lipinski definition) is 6. The first-order valence-electron chi connectivity index (χ1n) is 9.00. The van der Waals surface area contributed by atoms with Gasteiger partial charge in [-0.3, -0.25) is 9.88 Å². The van der Waals surface area contributed by atoms with Crippen LogP contribution in [0.1, 0.15) is 24.1 Å². The van der Waals surface area contributed by atoms with Gasteiger partial charge in [0.05, 0.1) is 12.3 Å². The summed E-state index contributed by atoms with van der Waals surface area (Å²) in [5.74, 6) is 1.46. The molecule has 2 aromatic rings. The molecule has 6 nitrogen and oxygen atoms in total. The molecule has 6 heteroatoms. The summed E-state index contributed by atoms with van der Waals surface area (Å²) in [4.78, 5) is 6.63. The largest absolute Gasteiger partial charge is 0.383 e. The minimum Gasteiger partial charge on any atom is -0.383 e. The number of aromatic nitrogens is 3. The Kier molecular flexibility index (Phi) is 6.71. The number of hydrogen-bond donors (Lipinski definition) is 1. The number of piperidine rings is 1. The molecule has 1 unspecified atom stereocenters. The monoisotopic (exact) mass is 341 g/mol.